The van der Waals surface area contributed by atoms with Crippen molar-refractivity contribution in [1.29, 1.82) is 0 Å². The van der Waals surface area contributed by atoms with E-state index >= 15 is 0 Å². The monoisotopic (exact) mass is 995 g/mol. The van der Waals surface area contributed by atoms with Gasteiger partial charge in [-0.15, -0.1) is 0 Å². The SMILES string of the molecule is Cc1cc(O)c(-c2n[nH]c(C)c2-c2ccc(CN3CCN(C(=O)OC(C)(C)C)CC3)cc2)cc1C(C)C.Cc1cc2oc(C)c(-c3ccc(CN4CCN(C(=O)OC(C)(C)C)CC4)cc3)c(=O)c2cc1C(C)C. The third-order valence-electron chi connectivity index (χ3n) is 13.6. The lowest BCUT2D eigenvalue weighted by Gasteiger charge is -2.35. The van der Waals surface area contributed by atoms with Crippen LogP contribution in [0.1, 0.15) is 126 Å². The number of phenols is 1. The molecule has 0 atom stereocenters. The number of hydrogen-bond donors (Lipinski definition) is 2. The molecule has 4 aromatic carbocycles. The second kappa shape index (κ2) is 22.4. The minimum absolute atomic E-state index is 0.0154. The number of H-pyrrole nitrogens is 1. The maximum atomic E-state index is 13.5. The Kier molecular flexibility index (Phi) is 16.6. The number of aromatic amines is 1. The van der Waals surface area contributed by atoms with Crippen molar-refractivity contribution >= 4 is 23.2 Å². The quantitative estimate of drug-likeness (QED) is 0.144. The van der Waals surface area contributed by atoms with Crippen LogP contribution in [0.25, 0.3) is 44.5 Å². The summed E-state index contributed by atoms with van der Waals surface area (Å²) in [5, 5.41) is 19.1. The highest BCUT2D eigenvalue weighted by atomic mass is 16.6. The summed E-state index contributed by atoms with van der Waals surface area (Å²) in [5.41, 5.74) is 12.7. The molecule has 0 saturated carbocycles. The normalized spacial score (nSPS) is 15.0. The van der Waals surface area contributed by atoms with Crippen molar-refractivity contribution in [2.24, 2.45) is 0 Å². The van der Waals surface area contributed by atoms with Gasteiger partial charge in [-0.1, -0.05) is 76.2 Å². The highest BCUT2D eigenvalue weighted by Gasteiger charge is 2.28. The number of benzene rings is 4. The van der Waals surface area contributed by atoms with Crippen molar-refractivity contribution in [2.45, 2.75) is 133 Å². The molecule has 2 amide bonds. The molecule has 6 aromatic rings. The zero-order valence-electron chi connectivity index (χ0n) is 45.8. The minimum Gasteiger partial charge on any atom is -0.507 e. The smallest absolute Gasteiger partial charge is 0.410 e. The van der Waals surface area contributed by atoms with Crippen LogP contribution in [0, 0.1) is 27.7 Å². The third kappa shape index (κ3) is 13.4. The summed E-state index contributed by atoms with van der Waals surface area (Å²) in [6.45, 7) is 35.4. The summed E-state index contributed by atoms with van der Waals surface area (Å²) in [6.07, 6.45) is -0.477. The predicted octanol–water partition coefficient (Wildman–Crippen LogP) is 12.5. The van der Waals surface area contributed by atoms with Crippen LogP contribution in [0.2, 0.25) is 0 Å². The molecule has 8 rings (SSSR count). The van der Waals surface area contributed by atoms with Gasteiger partial charge in [0.2, 0.25) is 5.43 Å². The van der Waals surface area contributed by atoms with Crippen molar-refractivity contribution in [2.75, 3.05) is 52.4 Å². The molecule has 0 unspecified atom stereocenters. The summed E-state index contributed by atoms with van der Waals surface area (Å²) >= 11 is 0. The van der Waals surface area contributed by atoms with E-state index in [-0.39, 0.29) is 23.4 Å². The lowest BCUT2D eigenvalue weighted by molar-refractivity contribution is 0.0129. The number of rotatable bonds is 9. The van der Waals surface area contributed by atoms with Gasteiger partial charge in [-0.2, -0.15) is 5.10 Å². The van der Waals surface area contributed by atoms with Gasteiger partial charge in [0.15, 0.2) is 0 Å². The number of hydrogen-bond acceptors (Lipinski definition) is 10. The number of phenolic OH excluding ortho intramolecular Hbond substituents is 1. The van der Waals surface area contributed by atoms with Gasteiger partial charge < -0.3 is 28.8 Å². The van der Waals surface area contributed by atoms with Crippen LogP contribution in [0.3, 0.4) is 0 Å². The first-order valence-corrected chi connectivity index (χ1v) is 25.9. The lowest BCUT2D eigenvalue weighted by atomic mass is 9.91. The fourth-order valence-electron chi connectivity index (χ4n) is 9.83. The molecule has 2 aliphatic heterocycles. The number of aromatic nitrogens is 2. The van der Waals surface area contributed by atoms with Crippen molar-refractivity contribution in [3.05, 3.63) is 128 Å². The molecular formula is C60H78N6O7. The van der Waals surface area contributed by atoms with Gasteiger partial charge in [0, 0.05) is 82.3 Å². The largest absolute Gasteiger partial charge is 0.507 e. The topological polar surface area (TPSA) is 145 Å². The molecule has 2 fully saturated rings. The molecule has 2 aliphatic rings. The van der Waals surface area contributed by atoms with E-state index in [0.29, 0.717) is 60.3 Å². The van der Waals surface area contributed by atoms with Crippen LogP contribution < -0.4 is 5.43 Å². The first-order valence-electron chi connectivity index (χ1n) is 25.9. The van der Waals surface area contributed by atoms with Crippen LogP contribution in [0.15, 0.2) is 82.0 Å². The fraction of sp³-hybridized carbons (Fsp3) is 0.467. The zero-order chi connectivity index (χ0) is 53.1. The molecule has 0 spiro atoms. The summed E-state index contributed by atoms with van der Waals surface area (Å²) in [5.74, 6) is 1.57. The maximum Gasteiger partial charge on any atom is 0.410 e. The van der Waals surface area contributed by atoms with Crippen molar-refractivity contribution in [3.8, 4) is 39.3 Å². The van der Waals surface area contributed by atoms with E-state index in [1.807, 2.05) is 92.6 Å². The van der Waals surface area contributed by atoms with E-state index in [0.717, 1.165) is 84.0 Å². The molecule has 0 radical (unpaired) electrons. The Morgan fingerprint density at radius 3 is 1.53 bits per heavy atom. The van der Waals surface area contributed by atoms with Crippen LogP contribution in [-0.2, 0) is 22.6 Å². The number of ether oxygens (including phenoxy) is 2. The van der Waals surface area contributed by atoms with Gasteiger partial charge in [0.05, 0.1) is 10.9 Å². The third-order valence-corrected chi connectivity index (χ3v) is 13.6. The van der Waals surface area contributed by atoms with Crippen LogP contribution in [-0.4, -0.2) is 111 Å². The number of nitrogens with one attached hydrogen (secondary N) is 1. The Bertz CT molecular complexity index is 2960. The molecule has 2 N–H and O–H groups in total. The first kappa shape index (κ1) is 54.3. The molecule has 13 nitrogen and oxygen atoms in total. The van der Waals surface area contributed by atoms with Gasteiger partial charge in [0.25, 0.3) is 0 Å². The van der Waals surface area contributed by atoms with Gasteiger partial charge in [-0.3, -0.25) is 19.7 Å². The van der Waals surface area contributed by atoms with E-state index in [1.54, 1.807) is 9.80 Å². The van der Waals surface area contributed by atoms with Crippen LogP contribution in [0.4, 0.5) is 9.59 Å². The van der Waals surface area contributed by atoms with Crippen LogP contribution >= 0.6 is 0 Å². The Labute approximate surface area is 432 Å². The number of nitrogens with zero attached hydrogens (tertiary/aromatic N) is 5. The Hall–Kier alpha value is -6.44. The number of carbonyl (C=O) groups is 2. The Balaban J connectivity index is 0.000000214. The van der Waals surface area contributed by atoms with Crippen molar-refractivity contribution in [3.63, 3.8) is 0 Å². The number of carbonyl (C=O) groups excluding carboxylic acids is 2. The second-order valence-corrected chi connectivity index (χ2v) is 22.6. The first-order chi connectivity index (χ1) is 34.3. The second-order valence-electron chi connectivity index (χ2n) is 22.6. The van der Waals surface area contributed by atoms with E-state index < -0.39 is 11.2 Å². The Morgan fingerprint density at radius 1 is 0.644 bits per heavy atom. The predicted molar refractivity (Wildman–Crippen MR) is 292 cm³/mol. The number of piperazine rings is 2. The molecule has 0 aliphatic carbocycles. The van der Waals surface area contributed by atoms with E-state index in [4.69, 9.17) is 13.9 Å². The maximum absolute atomic E-state index is 13.5. The highest BCUT2D eigenvalue weighted by Crippen LogP contribution is 2.40. The molecule has 4 heterocycles. The van der Waals surface area contributed by atoms with Gasteiger partial charge in [-0.05, 0) is 150 Å². The number of aromatic hydroxyl groups is 1. The molecule has 73 heavy (non-hydrogen) atoms. The summed E-state index contributed by atoms with van der Waals surface area (Å²) in [7, 11) is 0. The molecule has 13 heteroatoms. The molecule has 390 valence electrons. The molecule has 2 aromatic heterocycles. The van der Waals surface area contributed by atoms with Gasteiger partial charge in [-0.25, -0.2) is 9.59 Å². The number of fused-ring (bicyclic) bond motifs is 1. The summed E-state index contributed by atoms with van der Waals surface area (Å²) in [4.78, 5) is 46.4. The summed E-state index contributed by atoms with van der Waals surface area (Å²) < 4.78 is 17.1. The Morgan fingerprint density at radius 2 is 1.08 bits per heavy atom. The average molecular weight is 995 g/mol. The zero-order valence-corrected chi connectivity index (χ0v) is 45.8. The fourth-order valence-corrected chi connectivity index (χ4v) is 9.83. The molecular weight excluding hydrogens is 917 g/mol. The molecule has 2 saturated heterocycles. The molecule has 0 bridgehead atoms. The minimum atomic E-state index is -0.480. The van der Waals surface area contributed by atoms with E-state index in [9.17, 15) is 19.5 Å². The van der Waals surface area contributed by atoms with Gasteiger partial charge in [0.1, 0.15) is 34.0 Å². The standard InChI is InChI=1S/C30H40N4O3.C30H38N2O4/c1-19(2)24-17-25(26(35)16-20(24)3)28-27(21(4)31-32-28)23-10-8-22(9-11-23)18-33-12-14-34(15-13-33)29(36)37-30(5,6)7;1-19(2)24-17-25-26(16-20(24)3)35-21(4)27(28(25)33)23-10-8-22(9-11-23)18-31-12-14-32(15-13-31)29(34)36-30(5,6)7/h8-11,16-17,19,35H,12-15,18H2,1-7H3,(H,31,32);8-11,16-17,19H,12-15,18H2,1-7H3. The number of amides is 2. The van der Waals surface area contributed by atoms with Crippen molar-refractivity contribution in [1.82, 2.24) is 29.8 Å². The lowest BCUT2D eigenvalue weighted by Crippen LogP contribution is -2.49. The average Bonchev–Trinajstić information content (AvgIpc) is 3.69. The van der Waals surface area contributed by atoms with Gasteiger partial charge >= 0.3 is 12.2 Å². The van der Waals surface area contributed by atoms with Crippen molar-refractivity contribution < 1.29 is 28.6 Å². The highest BCUT2D eigenvalue weighted by molar-refractivity contribution is 5.86. The van der Waals surface area contributed by atoms with Crippen LogP contribution in [0.5, 0.6) is 5.75 Å². The van der Waals surface area contributed by atoms with E-state index in [1.165, 1.54) is 22.3 Å². The number of aryl methyl sites for hydroxylation is 4. The summed E-state index contributed by atoms with van der Waals surface area (Å²) in [6, 6.07) is 24.6. The van der Waals surface area contributed by atoms with E-state index in [2.05, 4.69) is 97.1 Å².